The van der Waals surface area contributed by atoms with Gasteiger partial charge in [0.05, 0.1) is 0 Å². The molecule has 1 fully saturated rings. The fourth-order valence-electron chi connectivity index (χ4n) is 2.50. The molecule has 1 aromatic rings. The summed E-state index contributed by atoms with van der Waals surface area (Å²) in [5.41, 5.74) is -2.63. The Hall–Kier alpha value is -1.57. The van der Waals surface area contributed by atoms with Crippen LogP contribution in [0.4, 0.5) is 13.2 Å². The summed E-state index contributed by atoms with van der Waals surface area (Å²) in [6, 6.07) is 0. The molecular formula is C12H16F3N3O2. The Morgan fingerprint density at radius 2 is 2.20 bits per heavy atom. The second-order valence-electron chi connectivity index (χ2n) is 5.08. The lowest BCUT2D eigenvalue weighted by atomic mass is 9.86. The third-order valence-electron chi connectivity index (χ3n) is 3.88. The smallest absolute Gasteiger partial charge is 0.406 e. The molecule has 0 radical (unpaired) electrons. The normalized spacial score (nSPS) is 24.2. The average Bonchev–Trinajstić information content (AvgIpc) is 2.92. The SMILES string of the molecule is Cc1nccn1CCN1CCC(C(=O)O)(C(F)(F)F)C1. The summed E-state index contributed by atoms with van der Waals surface area (Å²) >= 11 is 0. The topological polar surface area (TPSA) is 58.4 Å². The summed E-state index contributed by atoms with van der Waals surface area (Å²) in [4.78, 5) is 16.6. The van der Waals surface area contributed by atoms with Crippen LogP contribution in [0.3, 0.4) is 0 Å². The molecule has 2 rings (SSSR count). The molecule has 0 aromatic carbocycles. The van der Waals surface area contributed by atoms with Gasteiger partial charge in [0.2, 0.25) is 0 Å². The maximum absolute atomic E-state index is 13.0. The molecule has 1 atom stereocenters. The number of carboxylic acids is 1. The van der Waals surface area contributed by atoms with E-state index in [1.165, 1.54) is 0 Å². The number of nitrogens with zero attached hydrogens (tertiary/aromatic N) is 3. The molecule has 0 bridgehead atoms. The van der Waals surface area contributed by atoms with Gasteiger partial charge < -0.3 is 14.6 Å². The van der Waals surface area contributed by atoms with Crippen molar-refractivity contribution in [2.75, 3.05) is 19.6 Å². The maximum Gasteiger partial charge on any atom is 0.406 e. The van der Waals surface area contributed by atoms with Crippen LogP contribution in [-0.2, 0) is 11.3 Å². The van der Waals surface area contributed by atoms with Crippen molar-refractivity contribution in [1.29, 1.82) is 0 Å². The van der Waals surface area contributed by atoms with Crippen LogP contribution in [0.25, 0.3) is 0 Å². The number of rotatable bonds is 4. The van der Waals surface area contributed by atoms with Crippen molar-refractivity contribution in [2.45, 2.75) is 26.1 Å². The lowest BCUT2D eigenvalue weighted by molar-refractivity contribution is -0.227. The van der Waals surface area contributed by atoms with E-state index in [0.29, 0.717) is 13.1 Å². The highest BCUT2D eigenvalue weighted by Crippen LogP contribution is 2.45. The molecule has 1 aromatic heterocycles. The highest BCUT2D eigenvalue weighted by Gasteiger charge is 2.63. The molecule has 2 heterocycles. The van der Waals surface area contributed by atoms with E-state index in [0.717, 1.165) is 5.82 Å². The molecule has 0 amide bonds. The van der Waals surface area contributed by atoms with Crippen LogP contribution in [0.5, 0.6) is 0 Å². The van der Waals surface area contributed by atoms with Gasteiger partial charge in [-0.2, -0.15) is 13.2 Å². The van der Waals surface area contributed by atoms with Crippen LogP contribution in [0.1, 0.15) is 12.2 Å². The number of aromatic nitrogens is 2. The van der Waals surface area contributed by atoms with Crippen LogP contribution < -0.4 is 0 Å². The van der Waals surface area contributed by atoms with Crippen LogP contribution in [0.15, 0.2) is 12.4 Å². The summed E-state index contributed by atoms with van der Waals surface area (Å²) in [5, 5.41) is 8.95. The predicted molar refractivity (Wildman–Crippen MR) is 64.1 cm³/mol. The van der Waals surface area contributed by atoms with Gasteiger partial charge in [-0.15, -0.1) is 0 Å². The third kappa shape index (κ3) is 2.52. The minimum Gasteiger partial charge on any atom is -0.481 e. The summed E-state index contributed by atoms with van der Waals surface area (Å²) in [7, 11) is 0. The minimum atomic E-state index is -4.72. The van der Waals surface area contributed by atoms with E-state index in [1.54, 1.807) is 24.2 Å². The number of alkyl halides is 3. The highest BCUT2D eigenvalue weighted by atomic mass is 19.4. The molecule has 8 heteroatoms. The van der Waals surface area contributed by atoms with Crippen molar-refractivity contribution in [3.8, 4) is 0 Å². The Labute approximate surface area is 114 Å². The number of hydrogen-bond donors (Lipinski definition) is 1. The molecule has 5 nitrogen and oxygen atoms in total. The zero-order chi connectivity index (χ0) is 15.0. The van der Waals surface area contributed by atoms with Gasteiger partial charge in [-0.1, -0.05) is 0 Å². The highest BCUT2D eigenvalue weighted by molar-refractivity contribution is 5.76. The van der Waals surface area contributed by atoms with Gasteiger partial charge in [0.1, 0.15) is 5.82 Å². The molecule has 20 heavy (non-hydrogen) atoms. The van der Waals surface area contributed by atoms with E-state index in [-0.39, 0.29) is 6.54 Å². The minimum absolute atomic E-state index is 0.138. The van der Waals surface area contributed by atoms with Gasteiger partial charge in [-0.3, -0.25) is 4.79 Å². The first-order chi connectivity index (χ1) is 9.26. The molecule has 1 saturated heterocycles. The standard InChI is InChI=1S/C12H16F3N3O2/c1-9-16-3-5-18(9)7-6-17-4-2-11(8-17,10(19)20)12(13,14)15/h3,5H,2,4,6-8H2,1H3,(H,19,20). The number of carboxylic acid groups (broad SMARTS) is 1. The number of carbonyl (C=O) groups is 1. The molecule has 1 unspecified atom stereocenters. The van der Waals surface area contributed by atoms with Crippen molar-refractivity contribution in [3.05, 3.63) is 18.2 Å². The fraction of sp³-hybridized carbons (Fsp3) is 0.667. The fourth-order valence-corrected chi connectivity index (χ4v) is 2.50. The van der Waals surface area contributed by atoms with Gasteiger partial charge >= 0.3 is 12.1 Å². The van der Waals surface area contributed by atoms with Crippen molar-refractivity contribution >= 4 is 5.97 Å². The maximum atomic E-state index is 13.0. The van der Waals surface area contributed by atoms with Crippen molar-refractivity contribution in [2.24, 2.45) is 5.41 Å². The van der Waals surface area contributed by atoms with E-state index < -0.39 is 30.5 Å². The lowest BCUT2D eigenvalue weighted by Gasteiger charge is -2.27. The molecule has 112 valence electrons. The Morgan fingerprint density at radius 1 is 1.50 bits per heavy atom. The first-order valence-corrected chi connectivity index (χ1v) is 6.26. The number of imidazole rings is 1. The second kappa shape index (κ2) is 5.08. The van der Waals surface area contributed by atoms with Gasteiger partial charge in [0, 0.05) is 32.0 Å². The molecule has 1 aliphatic rings. The van der Waals surface area contributed by atoms with Gasteiger partial charge in [-0.25, -0.2) is 4.98 Å². The van der Waals surface area contributed by atoms with E-state index in [4.69, 9.17) is 5.11 Å². The Bertz CT molecular complexity index is 500. The zero-order valence-electron chi connectivity index (χ0n) is 11.0. The number of aryl methyl sites for hydroxylation is 1. The van der Waals surface area contributed by atoms with Crippen molar-refractivity contribution < 1.29 is 23.1 Å². The number of hydrogen-bond acceptors (Lipinski definition) is 3. The Kier molecular flexibility index (Phi) is 3.77. The third-order valence-corrected chi connectivity index (χ3v) is 3.88. The first-order valence-electron chi connectivity index (χ1n) is 6.26. The molecule has 1 N–H and O–H groups in total. The molecule has 0 aliphatic carbocycles. The quantitative estimate of drug-likeness (QED) is 0.914. The molecular weight excluding hydrogens is 275 g/mol. The van der Waals surface area contributed by atoms with Crippen LogP contribution in [0, 0.1) is 12.3 Å². The summed E-state index contributed by atoms with van der Waals surface area (Å²) in [5.74, 6) is -1.00. The summed E-state index contributed by atoms with van der Waals surface area (Å²) in [6.45, 7) is 2.34. The largest absolute Gasteiger partial charge is 0.481 e. The summed E-state index contributed by atoms with van der Waals surface area (Å²) < 4.78 is 40.8. The van der Waals surface area contributed by atoms with Crippen LogP contribution in [-0.4, -0.2) is 51.3 Å². The van der Waals surface area contributed by atoms with Crippen molar-refractivity contribution in [1.82, 2.24) is 14.5 Å². The van der Waals surface area contributed by atoms with E-state index >= 15 is 0 Å². The van der Waals surface area contributed by atoms with Gasteiger partial charge in [0.25, 0.3) is 0 Å². The first kappa shape index (κ1) is 14.8. The number of aliphatic carboxylic acids is 1. The van der Waals surface area contributed by atoms with Gasteiger partial charge in [0.15, 0.2) is 5.41 Å². The number of likely N-dealkylation sites (tertiary alicyclic amines) is 1. The van der Waals surface area contributed by atoms with Crippen LogP contribution in [0.2, 0.25) is 0 Å². The Morgan fingerprint density at radius 3 is 2.65 bits per heavy atom. The second-order valence-corrected chi connectivity index (χ2v) is 5.08. The average molecular weight is 291 g/mol. The molecule has 0 spiro atoms. The zero-order valence-corrected chi connectivity index (χ0v) is 11.0. The lowest BCUT2D eigenvalue weighted by Crippen LogP contribution is -2.47. The number of halogens is 3. The predicted octanol–water partition coefficient (Wildman–Crippen LogP) is 1.53. The van der Waals surface area contributed by atoms with Gasteiger partial charge in [-0.05, 0) is 19.9 Å². The summed E-state index contributed by atoms with van der Waals surface area (Å²) in [6.07, 6.45) is -1.75. The van der Waals surface area contributed by atoms with Crippen LogP contribution >= 0.6 is 0 Å². The van der Waals surface area contributed by atoms with Crippen molar-refractivity contribution in [3.63, 3.8) is 0 Å². The van der Waals surface area contributed by atoms with E-state index in [1.807, 2.05) is 4.57 Å². The van der Waals surface area contributed by atoms with E-state index in [2.05, 4.69) is 4.98 Å². The van der Waals surface area contributed by atoms with E-state index in [9.17, 15) is 18.0 Å². The Balaban J connectivity index is 2.01. The monoisotopic (exact) mass is 291 g/mol. The molecule has 0 saturated carbocycles. The molecule has 1 aliphatic heterocycles.